The third-order valence-corrected chi connectivity index (χ3v) is 2.32. The maximum absolute atomic E-state index is 6.89. The Morgan fingerprint density at radius 2 is 2.23 bits per heavy atom. The normalized spacial score (nSPS) is 12.1. The summed E-state index contributed by atoms with van der Waals surface area (Å²) in [5, 5.41) is 0. The molecule has 0 spiro atoms. The molecular formula is C12H15N. The van der Waals surface area contributed by atoms with Crippen molar-refractivity contribution in [2.75, 3.05) is 0 Å². The van der Waals surface area contributed by atoms with Gasteiger partial charge in [-0.2, -0.15) is 0 Å². The number of hydrogen-bond donors (Lipinski definition) is 0. The lowest BCUT2D eigenvalue weighted by Crippen LogP contribution is -1.96. The molecule has 0 aromatic heterocycles. The smallest absolute Gasteiger partial charge is 0.187 e. The van der Waals surface area contributed by atoms with E-state index in [1.807, 2.05) is 18.2 Å². The maximum Gasteiger partial charge on any atom is 0.187 e. The fraction of sp³-hybridized carbons (Fsp3) is 0.417. The monoisotopic (exact) mass is 173 g/mol. The van der Waals surface area contributed by atoms with Crippen LogP contribution in [0.25, 0.3) is 4.85 Å². The van der Waals surface area contributed by atoms with Crippen LogP contribution >= 0.6 is 0 Å². The van der Waals surface area contributed by atoms with Gasteiger partial charge in [-0.25, -0.2) is 4.85 Å². The van der Waals surface area contributed by atoms with Crippen LogP contribution in [0.15, 0.2) is 24.3 Å². The Morgan fingerprint density at radius 3 is 2.85 bits per heavy atom. The molecule has 1 unspecified atom stereocenters. The molecule has 1 aromatic carbocycles. The van der Waals surface area contributed by atoms with Gasteiger partial charge >= 0.3 is 0 Å². The number of rotatable bonds is 3. The molecule has 0 N–H and O–H groups in total. The summed E-state index contributed by atoms with van der Waals surface area (Å²) < 4.78 is 0. The zero-order valence-corrected chi connectivity index (χ0v) is 8.25. The van der Waals surface area contributed by atoms with Crippen molar-refractivity contribution in [3.05, 3.63) is 41.2 Å². The molecule has 1 atom stereocenters. The van der Waals surface area contributed by atoms with E-state index < -0.39 is 0 Å². The molecule has 0 saturated heterocycles. The third kappa shape index (κ3) is 2.91. The van der Waals surface area contributed by atoms with Crippen molar-refractivity contribution in [3.8, 4) is 0 Å². The quantitative estimate of drug-likeness (QED) is 0.612. The molecule has 0 heterocycles. The SMILES string of the molecule is [C-]#[N+]c1cccc(CC(C)CC)c1. The van der Waals surface area contributed by atoms with Crippen molar-refractivity contribution >= 4 is 5.69 Å². The molecule has 0 aliphatic heterocycles. The van der Waals surface area contributed by atoms with E-state index in [9.17, 15) is 0 Å². The molecular weight excluding hydrogens is 158 g/mol. The maximum atomic E-state index is 6.89. The summed E-state index contributed by atoms with van der Waals surface area (Å²) in [6.45, 7) is 11.3. The van der Waals surface area contributed by atoms with Crippen molar-refractivity contribution < 1.29 is 0 Å². The van der Waals surface area contributed by atoms with Gasteiger partial charge in [-0.15, -0.1) is 0 Å². The minimum Gasteiger partial charge on any atom is -0.238 e. The van der Waals surface area contributed by atoms with Crippen LogP contribution in [0.2, 0.25) is 0 Å². The molecule has 1 nitrogen and oxygen atoms in total. The van der Waals surface area contributed by atoms with Gasteiger partial charge in [0.2, 0.25) is 0 Å². The summed E-state index contributed by atoms with van der Waals surface area (Å²) in [6, 6.07) is 7.90. The molecule has 1 rings (SSSR count). The lowest BCUT2D eigenvalue weighted by atomic mass is 9.99. The van der Waals surface area contributed by atoms with Crippen LogP contribution in [0.4, 0.5) is 5.69 Å². The Kier molecular flexibility index (Phi) is 3.52. The van der Waals surface area contributed by atoms with Crippen LogP contribution in [-0.4, -0.2) is 0 Å². The average Bonchev–Trinajstić information content (AvgIpc) is 2.18. The predicted octanol–water partition coefficient (Wildman–Crippen LogP) is 3.83. The first-order chi connectivity index (χ1) is 6.26. The second-order valence-corrected chi connectivity index (χ2v) is 3.50. The molecule has 68 valence electrons. The van der Waals surface area contributed by atoms with Crippen molar-refractivity contribution in [2.45, 2.75) is 26.7 Å². The topological polar surface area (TPSA) is 4.36 Å². The van der Waals surface area contributed by atoms with Crippen molar-refractivity contribution in [3.63, 3.8) is 0 Å². The Labute approximate surface area is 80.2 Å². The van der Waals surface area contributed by atoms with Crippen LogP contribution in [0.5, 0.6) is 0 Å². The van der Waals surface area contributed by atoms with Crippen LogP contribution in [-0.2, 0) is 6.42 Å². The van der Waals surface area contributed by atoms with Crippen LogP contribution in [0.1, 0.15) is 25.8 Å². The number of nitrogens with zero attached hydrogens (tertiary/aromatic N) is 1. The van der Waals surface area contributed by atoms with Gasteiger partial charge in [-0.3, -0.25) is 0 Å². The Bertz CT molecular complexity index is 309. The largest absolute Gasteiger partial charge is 0.238 e. The van der Waals surface area contributed by atoms with Crippen LogP contribution < -0.4 is 0 Å². The summed E-state index contributed by atoms with van der Waals surface area (Å²) in [4.78, 5) is 3.41. The van der Waals surface area contributed by atoms with Crippen molar-refractivity contribution in [1.29, 1.82) is 0 Å². The van der Waals surface area contributed by atoms with Gasteiger partial charge < -0.3 is 0 Å². The second-order valence-electron chi connectivity index (χ2n) is 3.50. The van der Waals surface area contributed by atoms with E-state index in [1.54, 1.807) is 0 Å². The first-order valence-electron chi connectivity index (χ1n) is 4.72. The minimum atomic E-state index is 0.709. The van der Waals surface area contributed by atoms with Crippen molar-refractivity contribution in [2.24, 2.45) is 5.92 Å². The summed E-state index contributed by atoms with van der Waals surface area (Å²) in [5.41, 5.74) is 2.03. The summed E-state index contributed by atoms with van der Waals surface area (Å²) in [7, 11) is 0. The molecule has 1 aromatic rings. The first kappa shape index (κ1) is 9.80. The van der Waals surface area contributed by atoms with Gasteiger partial charge in [0.25, 0.3) is 0 Å². The molecule has 0 amide bonds. The predicted molar refractivity (Wildman–Crippen MR) is 55.9 cm³/mol. The highest BCUT2D eigenvalue weighted by molar-refractivity contribution is 5.46. The van der Waals surface area contributed by atoms with E-state index in [4.69, 9.17) is 6.57 Å². The molecule has 0 bridgehead atoms. The zero-order chi connectivity index (χ0) is 9.68. The molecule has 0 aliphatic carbocycles. The van der Waals surface area contributed by atoms with Crippen molar-refractivity contribution in [1.82, 2.24) is 0 Å². The van der Waals surface area contributed by atoms with Gasteiger partial charge in [0.1, 0.15) is 0 Å². The number of benzene rings is 1. The fourth-order valence-corrected chi connectivity index (χ4v) is 1.30. The Balaban J connectivity index is 2.73. The molecule has 0 aliphatic rings. The van der Waals surface area contributed by atoms with E-state index in [1.165, 1.54) is 12.0 Å². The standard InChI is InChI=1S/C12H15N/c1-4-10(2)8-11-6-5-7-12(9-11)13-3/h5-7,9-10H,4,8H2,1-2H3. The van der Waals surface area contributed by atoms with E-state index in [0.29, 0.717) is 5.92 Å². The highest BCUT2D eigenvalue weighted by atomic mass is 14.6. The minimum absolute atomic E-state index is 0.709. The molecule has 0 fully saturated rings. The van der Waals surface area contributed by atoms with Gasteiger partial charge in [-0.05, 0) is 12.3 Å². The second kappa shape index (κ2) is 4.67. The van der Waals surface area contributed by atoms with E-state index >= 15 is 0 Å². The van der Waals surface area contributed by atoms with Crippen LogP contribution in [0.3, 0.4) is 0 Å². The molecule has 1 heteroatoms. The van der Waals surface area contributed by atoms with E-state index in [-0.39, 0.29) is 0 Å². The summed E-state index contributed by atoms with van der Waals surface area (Å²) >= 11 is 0. The molecule has 0 saturated carbocycles. The summed E-state index contributed by atoms with van der Waals surface area (Å²) in [5.74, 6) is 0.709. The lowest BCUT2D eigenvalue weighted by Gasteiger charge is -2.07. The van der Waals surface area contributed by atoms with Gasteiger partial charge in [0.15, 0.2) is 5.69 Å². The van der Waals surface area contributed by atoms with E-state index in [2.05, 4.69) is 24.8 Å². The van der Waals surface area contributed by atoms with Gasteiger partial charge in [0.05, 0.1) is 6.57 Å². The Hall–Kier alpha value is -1.29. The highest BCUT2D eigenvalue weighted by Crippen LogP contribution is 2.17. The van der Waals surface area contributed by atoms with Crippen LogP contribution in [0, 0.1) is 12.5 Å². The van der Waals surface area contributed by atoms with Gasteiger partial charge in [0, 0.05) is 0 Å². The molecule has 13 heavy (non-hydrogen) atoms. The highest BCUT2D eigenvalue weighted by Gasteiger charge is 2.01. The lowest BCUT2D eigenvalue weighted by molar-refractivity contribution is 0.560. The first-order valence-corrected chi connectivity index (χ1v) is 4.72. The fourth-order valence-electron chi connectivity index (χ4n) is 1.30. The summed E-state index contributed by atoms with van der Waals surface area (Å²) in [6.07, 6.45) is 2.28. The zero-order valence-electron chi connectivity index (χ0n) is 8.25. The average molecular weight is 173 g/mol. The number of hydrogen-bond acceptors (Lipinski definition) is 0. The van der Waals surface area contributed by atoms with Gasteiger partial charge in [-0.1, -0.05) is 50.1 Å². The Morgan fingerprint density at radius 1 is 1.46 bits per heavy atom. The van der Waals surface area contributed by atoms with E-state index in [0.717, 1.165) is 12.1 Å². The third-order valence-electron chi connectivity index (χ3n) is 2.32. The molecule has 0 radical (unpaired) electrons.